The monoisotopic (exact) mass is 272 g/mol. The lowest BCUT2D eigenvalue weighted by molar-refractivity contribution is -0.386. The second-order valence-electron chi connectivity index (χ2n) is 3.95. The lowest BCUT2D eigenvalue weighted by atomic mass is 10.2. The Labute approximate surface area is 108 Å². The number of halogens is 2. The number of ether oxygens (including phenoxy) is 1. The zero-order valence-corrected chi connectivity index (χ0v) is 9.96. The van der Waals surface area contributed by atoms with Gasteiger partial charge in [0, 0.05) is 37.9 Å². The minimum Gasteiger partial charge on any atom is -0.427 e. The third-order valence-electron chi connectivity index (χ3n) is 2.78. The van der Waals surface area contributed by atoms with Crippen LogP contribution in [0.4, 0.5) is 20.2 Å². The Kier molecular flexibility index (Phi) is 4.10. The van der Waals surface area contributed by atoms with E-state index in [0.717, 1.165) is 0 Å². The van der Waals surface area contributed by atoms with Gasteiger partial charge in [-0.05, 0) is 12.1 Å². The molecule has 0 bridgehead atoms. The minimum absolute atomic E-state index is 0.426. The van der Waals surface area contributed by atoms with E-state index in [1.807, 2.05) is 4.90 Å². The van der Waals surface area contributed by atoms with Crippen LogP contribution in [-0.2, 0) is 0 Å². The number of hydrogen-bond acceptors (Lipinski definition) is 4. The van der Waals surface area contributed by atoms with Gasteiger partial charge >= 0.3 is 12.3 Å². The molecular weight excluding hydrogens is 260 g/mol. The molecule has 0 N–H and O–H groups in total. The average molecular weight is 272 g/mol. The number of hydrogen-bond donors (Lipinski definition) is 0. The van der Waals surface area contributed by atoms with E-state index in [-0.39, 0.29) is 0 Å². The molecule has 1 aliphatic heterocycles. The summed E-state index contributed by atoms with van der Waals surface area (Å²) in [5, 5.41) is 15.0. The topological polar surface area (TPSA) is 69.7 Å². The third-order valence-corrected chi connectivity index (χ3v) is 2.78. The SMILES string of the molecule is O=[N+]([O-])c1cc(N2CC[N]CC2)ccc1OC(F)F. The zero-order chi connectivity index (χ0) is 13.8. The summed E-state index contributed by atoms with van der Waals surface area (Å²) in [4.78, 5) is 12.1. The second-order valence-corrected chi connectivity index (χ2v) is 3.95. The van der Waals surface area contributed by atoms with Crippen molar-refractivity contribution in [2.24, 2.45) is 0 Å². The van der Waals surface area contributed by atoms with Crippen molar-refractivity contribution in [1.82, 2.24) is 5.32 Å². The van der Waals surface area contributed by atoms with Crippen LogP contribution >= 0.6 is 0 Å². The summed E-state index contributed by atoms with van der Waals surface area (Å²) in [6.45, 7) is -0.455. The van der Waals surface area contributed by atoms with Crippen molar-refractivity contribution in [2.45, 2.75) is 6.61 Å². The van der Waals surface area contributed by atoms with E-state index in [9.17, 15) is 18.9 Å². The molecule has 0 aromatic heterocycles. The summed E-state index contributed by atoms with van der Waals surface area (Å²) in [6.07, 6.45) is 0. The molecule has 1 aromatic rings. The first-order valence-electron chi connectivity index (χ1n) is 5.69. The van der Waals surface area contributed by atoms with Crippen LogP contribution in [-0.4, -0.2) is 37.7 Å². The van der Waals surface area contributed by atoms with Crippen molar-refractivity contribution in [3.05, 3.63) is 28.3 Å². The summed E-state index contributed by atoms with van der Waals surface area (Å²) in [6, 6.07) is 3.99. The summed E-state index contributed by atoms with van der Waals surface area (Å²) in [5.41, 5.74) is 0.156. The number of nitrogens with zero attached hydrogens (tertiary/aromatic N) is 3. The van der Waals surface area contributed by atoms with Crippen LogP contribution in [0.5, 0.6) is 5.75 Å². The van der Waals surface area contributed by atoms with Crippen molar-refractivity contribution in [3.8, 4) is 5.75 Å². The summed E-state index contributed by atoms with van der Waals surface area (Å²) in [7, 11) is 0. The number of anilines is 1. The molecule has 0 aliphatic carbocycles. The van der Waals surface area contributed by atoms with Gasteiger partial charge in [0.25, 0.3) is 0 Å². The highest BCUT2D eigenvalue weighted by Crippen LogP contribution is 2.32. The van der Waals surface area contributed by atoms with Crippen molar-refractivity contribution in [2.75, 3.05) is 31.1 Å². The summed E-state index contributed by atoms with van der Waals surface area (Å²) >= 11 is 0. The predicted octanol–water partition coefficient (Wildman–Crippen LogP) is 1.62. The third kappa shape index (κ3) is 3.28. The molecule has 1 saturated heterocycles. The van der Waals surface area contributed by atoms with Crippen LogP contribution in [0.3, 0.4) is 0 Å². The lowest BCUT2D eigenvalue weighted by Gasteiger charge is -2.28. The standard InChI is InChI=1S/C11H12F2N3O3/c12-11(13)19-10-2-1-8(7-9(10)16(17)18)15-5-3-14-4-6-15/h1-2,7,11H,3-6H2. The lowest BCUT2D eigenvalue weighted by Crippen LogP contribution is -2.40. The van der Waals surface area contributed by atoms with Gasteiger partial charge in [-0.15, -0.1) is 0 Å². The van der Waals surface area contributed by atoms with Crippen LogP contribution in [0, 0.1) is 10.1 Å². The van der Waals surface area contributed by atoms with Gasteiger partial charge in [0.1, 0.15) is 0 Å². The van der Waals surface area contributed by atoms with Crippen molar-refractivity contribution < 1.29 is 18.4 Å². The summed E-state index contributed by atoms with van der Waals surface area (Å²) < 4.78 is 28.4. The van der Waals surface area contributed by atoms with Crippen LogP contribution in [0.1, 0.15) is 0 Å². The van der Waals surface area contributed by atoms with Crippen molar-refractivity contribution in [3.63, 3.8) is 0 Å². The molecule has 19 heavy (non-hydrogen) atoms. The molecular formula is C11H12F2N3O3. The fourth-order valence-corrected chi connectivity index (χ4v) is 1.91. The highest BCUT2D eigenvalue weighted by molar-refractivity contribution is 5.60. The van der Waals surface area contributed by atoms with Gasteiger partial charge in [-0.25, -0.2) is 5.32 Å². The molecule has 103 valence electrons. The molecule has 1 aromatic carbocycles. The van der Waals surface area contributed by atoms with E-state index in [0.29, 0.717) is 31.9 Å². The van der Waals surface area contributed by atoms with Crippen molar-refractivity contribution >= 4 is 11.4 Å². The predicted molar refractivity (Wildman–Crippen MR) is 63.8 cm³/mol. The molecule has 1 fully saturated rings. The smallest absolute Gasteiger partial charge is 0.387 e. The maximum absolute atomic E-state index is 12.2. The van der Waals surface area contributed by atoms with Gasteiger partial charge in [0.15, 0.2) is 0 Å². The zero-order valence-electron chi connectivity index (χ0n) is 9.96. The number of benzene rings is 1. The van der Waals surface area contributed by atoms with Crippen LogP contribution in [0.25, 0.3) is 0 Å². The molecule has 2 rings (SSSR count). The second kappa shape index (κ2) is 5.79. The van der Waals surface area contributed by atoms with E-state index in [2.05, 4.69) is 10.1 Å². The van der Waals surface area contributed by atoms with Gasteiger partial charge in [0.05, 0.1) is 4.92 Å². The Hall–Kier alpha value is -1.96. The average Bonchev–Trinajstić information content (AvgIpc) is 2.39. The largest absolute Gasteiger partial charge is 0.427 e. The maximum Gasteiger partial charge on any atom is 0.387 e. The first-order chi connectivity index (χ1) is 9.08. The summed E-state index contributed by atoms with van der Waals surface area (Å²) in [5.74, 6) is -0.426. The Morgan fingerprint density at radius 1 is 1.37 bits per heavy atom. The molecule has 8 heteroatoms. The Balaban J connectivity index is 2.27. The van der Waals surface area contributed by atoms with Gasteiger partial charge in [-0.2, -0.15) is 8.78 Å². The normalized spacial score (nSPS) is 15.6. The number of nitro benzene ring substituents is 1. The number of nitro groups is 1. The first-order valence-corrected chi connectivity index (χ1v) is 5.69. The van der Waals surface area contributed by atoms with Gasteiger partial charge < -0.3 is 9.64 Å². The van der Waals surface area contributed by atoms with E-state index < -0.39 is 23.0 Å². The van der Waals surface area contributed by atoms with Crippen LogP contribution in [0.2, 0.25) is 0 Å². The number of rotatable bonds is 4. The molecule has 0 spiro atoms. The Morgan fingerprint density at radius 2 is 2.05 bits per heavy atom. The molecule has 0 saturated carbocycles. The molecule has 1 heterocycles. The van der Waals surface area contributed by atoms with E-state index >= 15 is 0 Å². The fraction of sp³-hybridized carbons (Fsp3) is 0.455. The molecule has 0 atom stereocenters. The van der Waals surface area contributed by atoms with Crippen LogP contribution in [0.15, 0.2) is 18.2 Å². The highest BCUT2D eigenvalue weighted by atomic mass is 19.3. The quantitative estimate of drug-likeness (QED) is 0.617. The number of piperazine rings is 1. The molecule has 6 nitrogen and oxygen atoms in total. The van der Waals surface area contributed by atoms with Crippen LogP contribution < -0.4 is 15.0 Å². The van der Waals surface area contributed by atoms with E-state index in [1.165, 1.54) is 18.2 Å². The van der Waals surface area contributed by atoms with Gasteiger partial charge in [-0.3, -0.25) is 10.1 Å². The fourth-order valence-electron chi connectivity index (χ4n) is 1.91. The molecule has 1 radical (unpaired) electrons. The first kappa shape index (κ1) is 13.5. The van der Waals surface area contributed by atoms with Gasteiger partial charge in [0.2, 0.25) is 5.75 Å². The van der Waals surface area contributed by atoms with E-state index in [1.54, 1.807) is 0 Å². The minimum atomic E-state index is -3.08. The van der Waals surface area contributed by atoms with Gasteiger partial charge in [-0.1, -0.05) is 0 Å². The number of alkyl halides is 2. The molecule has 0 unspecified atom stereocenters. The van der Waals surface area contributed by atoms with Crippen molar-refractivity contribution in [1.29, 1.82) is 0 Å². The Bertz CT molecular complexity index is 464. The highest BCUT2D eigenvalue weighted by Gasteiger charge is 2.21. The van der Waals surface area contributed by atoms with E-state index in [4.69, 9.17) is 0 Å². The Morgan fingerprint density at radius 3 is 2.63 bits per heavy atom. The molecule has 0 amide bonds. The molecule has 1 aliphatic rings. The maximum atomic E-state index is 12.2.